The zero-order valence-corrected chi connectivity index (χ0v) is 23.5. The molecule has 0 aliphatic heterocycles. The molecular formula is C27H44N2O6S. The number of carbonyl (C=O) groups excluding carboxylic acids is 2. The number of esters is 1. The molecule has 36 heavy (non-hydrogen) atoms. The smallest absolute Gasteiger partial charge is 0.412 e. The van der Waals surface area contributed by atoms with Crippen molar-refractivity contribution in [1.29, 1.82) is 0 Å². The highest BCUT2D eigenvalue weighted by molar-refractivity contribution is 7.92. The second kappa shape index (κ2) is 15.7. The third-order valence-corrected chi connectivity index (χ3v) is 6.87. The van der Waals surface area contributed by atoms with Crippen molar-refractivity contribution >= 4 is 33.8 Å². The molecule has 0 bridgehead atoms. The average molecular weight is 525 g/mol. The molecule has 0 unspecified atom stereocenters. The van der Waals surface area contributed by atoms with Crippen LogP contribution in [0.25, 0.3) is 6.08 Å². The van der Waals surface area contributed by atoms with Gasteiger partial charge in [-0.1, -0.05) is 45.2 Å². The number of benzene rings is 1. The molecular weight excluding hydrogens is 480 g/mol. The second-order valence-corrected chi connectivity index (χ2v) is 12.1. The number of hydrogen-bond acceptors (Lipinski definition) is 6. The van der Waals surface area contributed by atoms with E-state index in [1.807, 2.05) is 0 Å². The van der Waals surface area contributed by atoms with Crippen molar-refractivity contribution in [2.75, 3.05) is 25.5 Å². The summed E-state index contributed by atoms with van der Waals surface area (Å²) in [7, 11) is -2.24. The molecule has 0 fully saturated rings. The van der Waals surface area contributed by atoms with Crippen molar-refractivity contribution in [2.24, 2.45) is 5.92 Å². The van der Waals surface area contributed by atoms with E-state index < -0.39 is 21.7 Å². The van der Waals surface area contributed by atoms with Gasteiger partial charge in [-0.05, 0) is 69.7 Å². The van der Waals surface area contributed by atoms with Crippen LogP contribution in [-0.4, -0.2) is 50.6 Å². The van der Waals surface area contributed by atoms with Gasteiger partial charge in [0, 0.05) is 30.6 Å². The molecule has 0 saturated heterocycles. The summed E-state index contributed by atoms with van der Waals surface area (Å²) in [5, 5.41) is 3.89. The van der Waals surface area contributed by atoms with Gasteiger partial charge in [-0.25, -0.2) is 13.2 Å². The number of nitrogens with zero attached hydrogens (tertiary/aromatic N) is 1. The Kier molecular flexibility index (Phi) is 13.8. The first-order valence-electron chi connectivity index (χ1n) is 12.7. The Morgan fingerprint density at radius 2 is 1.61 bits per heavy atom. The molecule has 0 heterocycles. The van der Waals surface area contributed by atoms with Crippen molar-refractivity contribution in [3.63, 3.8) is 0 Å². The van der Waals surface area contributed by atoms with Gasteiger partial charge in [-0.3, -0.25) is 10.1 Å². The summed E-state index contributed by atoms with van der Waals surface area (Å²) in [5.74, 6) is 0.337. The first-order chi connectivity index (χ1) is 16.8. The minimum atomic E-state index is -3.61. The Hall–Kier alpha value is -2.39. The predicted molar refractivity (Wildman–Crippen MR) is 145 cm³/mol. The average Bonchev–Trinajstić information content (AvgIpc) is 2.78. The largest absolute Gasteiger partial charge is 0.469 e. The van der Waals surface area contributed by atoms with Crippen molar-refractivity contribution in [3.05, 3.63) is 35.2 Å². The quantitative estimate of drug-likeness (QED) is 0.217. The Balaban J connectivity index is 2.76. The number of rotatable bonds is 15. The van der Waals surface area contributed by atoms with Gasteiger partial charge in [-0.15, -0.1) is 0 Å². The number of nitrogens with one attached hydrogen (secondary N) is 1. The summed E-state index contributed by atoms with van der Waals surface area (Å²) < 4.78 is 37.6. The molecule has 0 aliphatic carbocycles. The fourth-order valence-corrected chi connectivity index (χ4v) is 4.66. The third kappa shape index (κ3) is 14.2. The summed E-state index contributed by atoms with van der Waals surface area (Å²) >= 11 is 0. The Morgan fingerprint density at radius 3 is 2.17 bits per heavy atom. The lowest BCUT2D eigenvalue weighted by Crippen LogP contribution is -2.31. The maximum Gasteiger partial charge on any atom is 0.412 e. The highest BCUT2D eigenvalue weighted by Crippen LogP contribution is 2.16. The summed E-state index contributed by atoms with van der Waals surface area (Å²) in [6.07, 6.45) is 6.30. The number of sulfonamides is 1. The van der Waals surface area contributed by atoms with Crippen LogP contribution in [0.3, 0.4) is 0 Å². The number of hydrogen-bond donors (Lipinski definition) is 1. The summed E-state index contributed by atoms with van der Waals surface area (Å²) in [6.45, 7) is 10.6. The topological polar surface area (TPSA) is 102 Å². The maximum absolute atomic E-state index is 13.1. The minimum Gasteiger partial charge on any atom is -0.469 e. The second-order valence-electron chi connectivity index (χ2n) is 10.3. The molecule has 1 N–H and O–H groups in total. The zero-order chi connectivity index (χ0) is 27.2. The molecule has 0 aliphatic rings. The van der Waals surface area contributed by atoms with E-state index in [4.69, 9.17) is 4.74 Å². The van der Waals surface area contributed by atoms with Crippen molar-refractivity contribution in [1.82, 2.24) is 4.31 Å². The third-order valence-electron chi connectivity index (χ3n) is 5.30. The van der Waals surface area contributed by atoms with E-state index in [1.165, 1.54) is 16.8 Å². The maximum atomic E-state index is 13.1. The van der Waals surface area contributed by atoms with Crippen LogP contribution in [0.4, 0.5) is 10.5 Å². The van der Waals surface area contributed by atoms with Crippen molar-refractivity contribution in [3.8, 4) is 0 Å². The van der Waals surface area contributed by atoms with E-state index in [0.29, 0.717) is 49.5 Å². The molecule has 1 rings (SSSR count). The standard InChI is InChI=1S/C27H44N2O6S/c1-22(2)12-9-11-20-29(19-10-7-8-13-25(30)34-6)36(32,33)21-18-23-14-16-24(17-15-23)28-26(31)35-27(3,4)5/h14-18,21-22H,7-13,19-20H2,1-6H3,(H,28,31)/b21-18+. The number of anilines is 1. The zero-order valence-electron chi connectivity index (χ0n) is 22.7. The fourth-order valence-electron chi connectivity index (χ4n) is 3.39. The van der Waals surface area contributed by atoms with Crippen LogP contribution in [0.5, 0.6) is 0 Å². The van der Waals surface area contributed by atoms with Crippen LogP contribution in [-0.2, 0) is 24.3 Å². The van der Waals surface area contributed by atoms with Gasteiger partial charge in [0.25, 0.3) is 0 Å². The lowest BCUT2D eigenvalue weighted by Gasteiger charge is -2.20. The molecule has 1 amide bonds. The normalized spacial score (nSPS) is 12.3. The molecule has 0 aromatic heterocycles. The van der Waals surface area contributed by atoms with E-state index in [1.54, 1.807) is 51.1 Å². The Labute approximate surface area is 217 Å². The monoisotopic (exact) mass is 524 g/mol. The van der Waals surface area contributed by atoms with Gasteiger partial charge in [0.15, 0.2) is 0 Å². The van der Waals surface area contributed by atoms with Crippen LogP contribution in [0.2, 0.25) is 0 Å². The number of unbranched alkanes of at least 4 members (excludes halogenated alkanes) is 3. The van der Waals surface area contributed by atoms with Crippen molar-refractivity contribution < 1.29 is 27.5 Å². The van der Waals surface area contributed by atoms with E-state index >= 15 is 0 Å². The Morgan fingerprint density at radius 1 is 1.00 bits per heavy atom. The van der Waals surface area contributed by atoms with Crippen LogP contribution in [0, 0.1) is 5.92 Å². The summed E-state index contributed by atoms with van der Waals surface area (Å²) in [5.41, 5.74) is 0.664. The van der Waals surface area contributed by atoms with Gasteiger partial charge in [-0.2, -0.15) is 4.31 Å². The van der Waals surface area contributed by atoms with Gasteiger partial charge in [0.2, 0.25) is 10.0 Å². The number of amides is 1. The van der Waals surface area contributed by atoms with Gasteiger partial charge < -0.3 is 9.47 Å². The first kappa shape index (κ1) is 31.6. The van der Waals surface area contributed by atoms with Crippen molar-refractivity contribution in [2.45, 2.75) is 85.2 Å². The van der Waals surface area contributed by atoms with E-state index in [-0.39, 0.29) is 5.97 Å². The summed E-state index contributed by atoms with van der Waals surface area (Å²) in [6, 6.07) is 6.86. The van der Waals surface area contributed by atoms with Gasteiger partial charge in [0.1, 0.15) is 5.60 Å². The number of carbonyl (C=O) groups is 2. The first-order valence-corrected chi connectivity index (χ1v) is 14.2. The molecule has 1 aromatic carbocycles. The Bertz CT molecular complexity index is 934. The predicted octanol–water partition coefficient (Wildman–Crippen LogP) is 6.20. The number of ether oxygens (including phenoxy) is 2. The molecule has 1 aromatic rings. The molecule has 204 valence electrons. The number of methoxy groups -OCH3 is 1. The summed E-state index contributed by atoms with van der Waals surface area (Å²) in [4.78, 5) is 23.2. The molecule has 9 heteroatoms. The minimum absolute atomic E-state index is 0.247. The van der Waals surface area contributed by atoms with E-state index in [2.05, 4.69) is 23.9 Å². The highest BCUT2D eigenvalue weighted by Gasteiger charge is 2.19. The SMILES string of the molecule is COC(=O)CCCCCN(CCCCC(C)C)S(=O)(=O)/C=C/c1ccc(NC(=O)OC(C)(C)C)cc1. The van der Waals surface area contributed by atoms with Crippen LogP contribution < -0.4 is 5.32 Å². The highest BCUT2D eigenvalue weighted by atomic mass is 32.2. The lowest BCUT2D eigenvalue weighted by molar-refractivity contribution is -0.140. The molecule has 0 atom stereocenters. The van der Waals surface area contributed by atoms with E-state index in [9.17, 15) is 18.0 Å². The van der Waals surface area contributed by atoms with E-state index in [0.717, 1.165) is 25.7 Å². The van der Waals surface area contributed by atoms with Crippen LogP contribution in [0.15, 0.2) is 29.7 Å². The van der Waals surface area contributed by atoms with Crippen LogP contribution >= 0.6 is 0 Å². The lowest BCUT2D eigenvalue weighted by atomic mass is 10.1. The molecule has 8 nitrogen and oxygen atoms in total. The van der Waals surface area contributed by atoms with Gasteiger partial charge >= 0.3 is 12.1 Å². The van der Waals surface area contributed by atoms with Gasteiger partial charge in [0.05, 0.1) is 7.11 Å². The fraction of sp³-hybridized carbons (Fsp3) is 0.630. The molecule has 0 saturated carbocycles. The molecule has 0 radical (unpaired) electrons. The van der Waals surface area contributed by atoms with Crippen LogP contribution in [0.1, 0.15) is 85.1 Å². The molecule has 0 spiro atoms.